The van der Waals surface area contributed by atoms with Crippen molar-refractivity contribution in [2.75, 3.05) is 31.2 Å². The van der Waals surface area contributed by atoms with Gasteiger partial charge < -0.3 is 9.64 Å². The molecule has 0 spiro atoms. The molecule has 0 amide bonds. The van der Waals surface area contributed by atoms with Crippen LogP contribution in [-0.4, -0.2) is 31.3 Å². The van der Waals surface area contributed by atoms with Crippen LogP contribution in [0.2, 0.25) is 0 Å². The van der Waals surface area contributed by atoms with Gasteiger partial charge in [-0.05, 0) is 6.07 Å². The van der Waals surface area contributed by atoms with E-state index in [4.69, 9.17) is 10.00 Å². The van der Waals surface area contributed by atoms with Crippen LogP contribution in [-0.2, 0) is 4.74 Å². The molecule has 4 nitrogen and oxygen atoms in total. The zero-order valence-electron chi connectivity index (χ0n) is 7.81. The van der Waals surface area contributed by atoms with Crippen molar-refractivity contribution in [3.8, 4) is 6.07 Å². The smallest absolute Gasteiger partial charge is 0.101 e. The van der Waals surface area contributed by atoms with Crippen molar-refractivity contribution < 1.29 is 4.74 Å². The molecule has 0 radical (unpaired) electrons. The van der Waals surface area contributed by atoms with Crippen LogP contribution in [0.15, 0.2) is 18.5 Å². The number of pyridine rings is 1. The molecule has 2 heterocycles. The number of anilines is 1. The number of aromatic nitrogens is 1. The Morgan fingerprint density at radius 2 is 2.14 bits per heavy atom. The van der Waals surface area contributed by atoms with Crippen LogP contribution in [0.4, 0.5) is 5.69 Å². The first-order valence-corrected chi connectivity index (χ1v) is 4.58. The van der Waals surface area contributed by atoms with Gasteiger partial charge in [-0.15, -0.1) is 0 Å². The van der Waals surface area contributed by atoms with Gasteiger partial charge in [0.1, 0.15) is 6.07 Å². The minimum atomic E-state index is 0.606. The molecule has 1 fully saturated rings. The van der Waals surface area contributed by atoms with Crippen molar-refractivity contribution in [1.82, 2.24) is 4.98 Å². The van der Waals surface area contributed by atoms with Gasteiger partial charge in [-0.1, -0.05) is 0 Å². The highest BCUT2D eigenvalue weighted by atomic mass is 16.5. The van der Waals surface area contributed by atoms with Gasteiger partial charge in [0, 0.05) is 19.3 Å². The maximum Gasteiger partial charge on any atom is 0.101 e. The van der Waals surface area contributed by atoms with Crippen LogP contribution in [0.25, 0.3) is 0 Å². The first-order chi connectivity index (χ1) is 6.90. The number of hydrogen-bond acceptors (Lipinski definition) is 4. The van der Waals surface area contributed by atoms with Crippen molar-refractivity contribution in [1.29, 1.82) is 5.26 Å². The second-order valence-corrected chi connectivity index (χ2v) is 3.14. The normalized spacial score (nSPS) is 16.4. The molecule has 1 saturated heterocycles. The molecule has 0 aromatic carbocycles. The van der Waals surface area contributed by atoms with E-state index in [2.05, 4.69) is 16.0 Å². The van der Waals surface area contributed by atoms with Crippen molar-refractivity contribution in [2.24, 2.45) is 0 Å². The van der Waals surface area contributed by atoms with Gasteiger partial charge in [0.05, 0.1) is 30.7 Å². The fourth-order valence-electron chi connectivity index (χ4n) is 1.48. The number of hydrogen-bond donors (Lipinski definition) is 0. The molecule has 1 aromatic heterocycles. The number of nitrogens with zero attached hydrogens (tertiary/aromatic N) is 3. The average Bonchev–Trinajstić information content (AvgIpc) is 2.30. The minimum Gasteiger partial charge on any atom is -0.378 e. The Bertz CT molecular complexity index is 353. The fourth-order valence-corrected chi connectivity index (χ4v) is 1.48. The van der Waals surface area contributed by atoms with Crippen molar-refractivity contribution in [3.63, 3.8) is 0 Å². The lowest BCUT2D eigenvalue weighted by molar-refractivity contribution is 0.122. The highest BCUT2D eigenvalue weighted by molar-refractivity contribution is 5.49. The summed E-state index contributed by atoms with van der Waals surface area (Å²) in [6, 6.07) is 3.95. The molecular weight excluding hydrogens is 178 g/mol. The lowest BCUT2D eigenvalue weighted by Crippen LogP contribution is -2.36. The van der Waals surface area contributed by atoms with Gasteiger partial charge in [-0.25, -0.2) is 0 Å². The Balaban J connectivity index is 2.18. The van der Waals surface area contributed by atoms with Gasteiger partial charge in [0.2, 0.25) is 0 Å². The Morgan fingerprint density at radius 1 is 1.36 bits per heavy atom. The topological polar surface area (TPSA) is 49.2 Å². The van der Waals surface area contributed by atoms with Crippen LogP contribution in [0.1, 0.15) is 5.56 Å². The number of nitriles is 1. The predicted octanol–water partition coefficient (Wildman–Crippen LogP) is 0.790. The average molecular weight is 189 g/mol. The summed E-state index contributed by atoms with van der Waals surface area (Å²) in [5, 5.41) is 8.73. The molecule has 0 N–H and O–H groups in total. The molecule has 72 valence electrons. The third-order valence-electron chi connectivity index (χ3n) is 2.23. The quantitative estimate of drug-likeness (QED) is 0.655. The summed E-state index contributed by atoms with van der Waals surface area (Å²) in [6.45, 7) is 3.24. The first-order valence-electron chi connectivity index (χ1n) is 4.58. The van der Waals surface area contributed by atoms with E-state index in [-0.39, 0.29) is 0 Å². The molecule has 4 heteroatoms. The molecular formula is C10H11N3O. The summed E-state index contributed by atoms with van der Waals surface area (Å²) >= 11 is 0. The maximum atomic E-state index is 8.73. The third kappa shape index (κ3) is 1.83. The van der Waals surface area contributed by atoms with Crippen LogP contribution in [0.5, 0.6) is 0 Å². The lowest BCUT2D eigenvalue weighted by Gasteiger charge is -2.28. The molecule has 14 heavy (non-hydrogen) atoms. The molecule has 0 atom stereocenters. The van der Waals surface area contributed by atoms with Crippen molar-refractivity contribution in [3.05, 3.63) is 24.0 Å². The van der Waals surface area contributed by atoms with Crippen LogP contribution < -0.4 is 4.90 Å². The van der Waals surface area contributed by atoms with Gasteiger partial charge in [0.25, 0.3) is 0 Å². The van der Waals surface area contributed by atoms with E-state index < -0.39 is 0 Å². The van der Waals surface area contributed by atoms with E-state index >= 15 is 0 Å². The van der Waals surface area contributed by atoms with Gasteiger partial charge in [0.15, 0.2) is 0 Å². The monoisotopic (exact) mass is 189 g/mol. The Labute approximate surface area is 82.7 Å². The number of ether oxygens (including phenoxy) is 1. The second kappa shape index (κ2) is 4.07. The number of rotatable bonds is 1. The highest BCUT2D eigenvalue weighted by Crippen LogP contribution is 2.15. The largest absolute Gasteiger partial charge is 0.378 e. The fraction of sp³-hybridized carbons (Fsp3) is 0.400. The zero-order valence-corrected chi connectivity index (χ0v) is 7.81. The molecule has 2 rings (SSSR count). The highest BCUT2D eigenvalue weighted by Gasteiger charge is 2.11. The zero-order chi connectivity index (χ0) is 9.80. The van der Waals surface area contributed by atoms with E-state index in [0.717, 1.165) is 32.0 Å². The standard InChI is InChI=1S/C10H11N3O/c11-6-9-5-10(8-12-7-9)13-1-3-14-4-2-13/h5,7-8H,1-4H2. The Morgan fingerprint density at radius 3 is 2.86 bits per heavy atom. The maximum absolute atomic E-state index is 8.73. The van der Waals surface area contributed by atoms with Crippen LogP contribution in [0, 0.1) is 11.3 Å². The summed E-state index contributed by atoms with van der Waals surface area (Å²) in [7, 11) is 0. The Hall–Kier alpha value is -1.60. The Kier molecular flexibility index (Phi) is 2.61. The number of morpholine rings is 1. The summed E-state index contributed by atoms with van der Waals surface area (Å²) < 4.78 is 5.25. The van der Waals surface area contributed by atoms with Crippen LogP contribution in [0.3, 0.4) is 0 Å². The molecule has 1 aliphatic rings. The first kappa shape index (κ1) is 8.97. The molecule has 0 aliphatic carbocycles. The van der Waals surface area contributed by atoms with Crippen molar-refractivity contribution >= 4 is 5.69 Å². The van der Waals surface area contributed by atoms with E-state index in [1.54, 1.807) is 12.4 Å². The SMILES string of the molecule is N#Cc1cncc(N2CCOCC2)c1. The molecule has 1 aliphatic heterocycles. The summed E-state index contributed by atoms with van der Waals surface area (Å²) in [4.78, 5) is 6.20. The lowest BCUT2D eigenvalue weighted by atomic mass is 10.2. The third-order valence-corrected chi connectivity index (χ3v) is 2.23. The van der Waals surface area contributed by atoms with Gasteiger partial charge in [-0.2, -0.15) is 5.26 Å². The van der Waals surface area contributed by atoms with Crippen molar-refractivity contribution in [2.45, 2.75) is 0 Å². The van der Waals surface area contributed by atoms with E-state index in [1.807, 2.05) is 6.07 Å². The summed E-state index contributed by atoms with van der Waals surface area (Å²) in [6.07, 6.45) is 3.36. The van der Waals surface area contributed by atoms with Gasteiger partial charge >= 0.3 is 0 Å². The summed E-state index contributed by atoms with van der Waals surface area (Å²) in [5.74, 6) is 0. The van der Waals surface area contributed by atoms with E-state index in [1.165, 1.54) is 0 Å². The second-order valence-electron chi connectivity index (χ2n) is 3.14. The summed E-state index contributed by atoms with van der Waals surface area (Å²) in [5.41, 5.74) is 1.61. The minimum absolute atomic E-state index is 0.606. The van der Waals surface area contributed by atoms with Crippen LogP contribution >= 0.6 is 0 Å². The van der Waals surface area contributed by atoms with E-state index in [0.29, 0.717) is 5.56 Å². The predicted molar refractivity (Wildman–Crippen MR) is 52.0 cm³/mol. The van der Waals surface area contributed by atoms with E-state index in [9.17, 15) is 0 Å². The molecule has 0 bridgehead atoms. The molecule has 0 saturated carbocycles. The van der Waals surface area contributed by atoms with Gasteiger partial charge in [-0.3, -0.25) is 4.98 Å². The molecule has 0 unspecified atom stereocenters. The molecule has 1 aromatic rings.